The molecule has 2 rings (SSSR count). The number of carboxylic acids is 1. The number of rotatable bonds is 5. The highest BCUT2D eigenvalue weighted by Crippen LogP contribution is 2.06. The molecule has 0 amide bonds. The molecule has 19 heavy (non-hydrogen) atoms. The molecule has 1 aliphatic heterocycles. The van der Waals surface area contributed by atoms with Crippen LogP contribution in [0.15, 0.2) is 24.3 Å². The lowest BCUT2D eigenvalue weighted by molar-refractivity contribution is -0.138. The van der Waals surface area contributed by atoms with Crippen LogP contribution >= 0.6 is 0 Å². The van der Waals surface area contributed by atoms with E-state index < -0.39 is 5.97 Å². The third-order valence-corrected chi connectivity index (χ3v) is 3.45. The van der Waals surface area contributed by atoms with E-state index in [0.29, 0.717) is 0 Å². The van der Waals surface area contributed by atoms with E-state index in [1.807, 2.05) is 17.0 Å². The molecule has 1 heterocycles. The van der Waals surface area contributed by atoms with Crippen LogP contribution < -0.4 is 0 Å². The quantitative estimate of drug-likeness (QED) is 0.866. The summed E-state index contributed by atoms with van der Waals surface area (Å²) in [6.45, 7) is 4.47. The highest BCUT2D eigenvalue weighted by atomic mass is 19.1. The molecular formula is C14H19FN2O2. The van der Waals surface area contributed by atoms with Gasteiger partial charge >= 0.3 is 5.97 Å². The number of aliphatic carboxylic acids is 1. The topological polar surface area (TPSA) is 43.8 Å². The Kier molecular flexibility index (Phi) is 4.87. The van der Waals surface area contributed by atoms with Crippen LogP contribution in [0.3, 0.4) is 0 Å². The van der Waals surface area contributed by atoms with Crippen molar-refractivity contribution < 1.29 is 14.3 Å². The molecule has 0 aromatic heterocycles. The summed E-state index contributed by atoms with van der Waals surface area (Å²) < 4.78 is 12.8. The van der Waals surface area contributed by atoms with Gasteiger partial charge in [0.25, 0.3) is 0 Å². The molecule has 1 saturated heterocycles. The average Bonchev–Trinajstić information content (AvgIpc) is 2.39. The molecular weight excluding hydrogens is 247 g/mol. The first-order valence-corrected chi connectivity index (χ1v) is 6.54. The number of carboxylic acid groups (broad SMARTS) is 1. The minimum absolute atomic E-state index is 0.131. The first-order valence-electron chi connectivity index (χ1n) is 6.54. The van der Waals surface area contributed by atoms with Gasteiger partial charge in [0.2, 0.25) is 0 Å². The van der Waals surface area contributed by atoms with Gasteiger partial charge in [-0.3, -0.25) is 9.69 Å². The number of hydrogen-bond acceptors (Lipinski definition) is 3. The molecule has 1 aromatic rings. The van der Waals surface area contributed by atoms with Gasteiger partial charge in [0, 0.05) is 32.7 Å². The van der Waals surface area contributed by atoms with Crippen molar-refractivity contribution in [3.63, 3.8) is 0 Å². The number of benzene rings is 1. The number of nitrogens with zero attached hydrogens (tertiary/aromatic N) is 2. The summed E-state index contributed by atoms with van der Waals surface area (Å²) in [5, 5.41) is 8.72. The van der Waals surface area contributed by atoms with Crippen molar-refractivity contribution in [3.05, 3.63) is 35.6 Å². The summed E-state index contributed by atoms with van der Waals surface area (Å²) in [6.07, 6.45) is 0.902. The van der Waals surface area contributed by atoms with E-state index in [4.69, 9.17) is 5.11 Å². The number of hydrogen-bond donors (Lipinski definition) is 1. The first kappa shape index (κ1) is 14.0. The summed E-state index contributed by atoms with van der Waals surface area (Å²) in [7, 11) is 0. The molecule has 0 saturated carbocycles. The smallest absolute Gasteiger partial charge is 0.317 e. The largest absolute Gasteiger partial charge is 0.480 e. The molecule has 0 atom stereocenters. The minimum Gasteiger partial charge on any atom is -0.480 e. The van der Waals surface area contributed by atoms with Gasteiger partial charge in [0.1, 0.15) is 5.82 Å². The van der Waals surface area contributed by atoms with Crippen molar-refractivity contribution in [3.8, 4) is 0 Å². The van der Waals surface area contributed by atoms with E-state index in [1.54, 1.807) is 0 Å². The van der Waals surface area contributed by atoms with Crippen LogP contribution in [0.2, 0.25) is 0 Å². The second-order valence-corrected chi connectivity index (χ2v) is 4.89. The molecule has 1 fully saturated rings. The van der Waals surface area contributed by atoms with Gasteiger partial charge in [-0.05, 0) is 24.1 Å². The highest BCUT2D eigenvalue weighted by Gasteiger charge is 2.18. The summed E-state index contributed by atoms with van der Waals surface area (Å²) in [4.78, 5) is 14.9. The van der Waals surface area contributed by atoms with Gasteiger partial charge in [0.15, 0.2) is 0 Å². The second kappa shape index (κ2) is 6.63. The maximum Gasteiger partial charge on any atom is 0.317 e. The summed E-state index contributed by atoms with van der Waals surface area (Å²) in [6, 6.07) is 6.60. The fourth-order valence-corrected chi connectivity index (χ4v) is 2.30. The molecule has 1 aromatic carbocycles. The lowest BCUT2D eigenvalue weighted by Crippen LogP contribution is -2.48. The van der Waals surface area contributed by atoms with Crippen LogP contribution in [-0.2, 0) is 11.2 Å². The zero-order valence-corrected chi connectivity index (χ0v) is 10.9. The van der Waals surface area contributed by atoms with Gasteiger partial charge in [0.05, 0.1) is 6.54 Å². The summed E-state index contributed by atoms with van der Waals surface area (Å²) in [5.41, 5.74) is 1.13. The zero-order valence-electron chi connectivity index (χ0n) is 10.9. The maximum absolute atomic E-state index is 12.8. The van der Waals surface area contributed by atoms with E-state index in [2.05, 4.69) is 4.90 Å². The van der Waals surface area contributed by atoms with Crippen LogP contribution in [-0.4, -0.2) is 60.1 Å². The molecule has 4 nitrogen and oxygen atoms in total. The molecule has 1 aliphatic rings. The van der Waals surface area contributed by atoms with E-state index in [0.717, 1.165) is 44.7 Å². The number of carbonyl (C=O) groups is 1. The summed E-state index contributed by atoms with van der Waals surface area (Å²) in [5.74, 6) is -0.967. The Morgan fingerprint density at radius 3 is 2.26 bits per heavy atom. The molecule has 104 valence electrons. The normalized spacial score (nSPS) is 17.5. The number of piperazine rings is 1. The van der Waals surface area contributed by atoms with Crippen LogP contribution in [0.1, 0.15) is 5.56 Å². The molecule has 0 unspecified atom stereocenters. The predicted molar refractivity (Wildman–Crippen MR) is 70.6 cm³/mol. The Morgan fingerprint density at radius 1 is 1.11 bits per heavy atom. The monoisotopic (exact) mass is 266 g/mol. The SMILES string of the molecule is O=C(O)CN1CCN(CCc2ccc(F)cc2)CC1. The van der Waals surface area contributed by atoms with Crippen LogP contribution in [0.5, 0.6) is 0 Å². The second-order valence-electron chi connectivity index (χ2n) is 4.89. The van der Waals surface area contributed by atoms with E-state index in [9.17, 15) is 9.18 Å². The van der Waals surface area contributed by atoms with Gasteiger partial charge < -0.3 is 10.0 Å². The standard InChI is InChI=1S/C14H19FN2O2/c15-13-3-1-12(2-4-13)5-6-16-7-9-17(10-8-16)11-14(18)19/h1-4H,5-11H2,(H,18,19). The molecule has 0 aliphatic carbocycles. The van der Waals surface area contributed by atoms with Crippen molar-refractivity contribution in [1.29, 1.82) is 0 Å². The van der Waals surface area contributed by atoms with Gasteiger partial charge in [-0.1, -0.05) is 12.1 Å². The Morgan fingerprint density at radius 2 is 1.68 bits per heavy atom. The van der Waals surface area contributed by atoms with Crippen molar-refractivity contribution in [2.45, 2.75) is 6.42 Å². The average molecular weight is 266 g/mol. The highest BCUT2D eigenvalue weighted by molar-refractivity contribution is 5.69. The van der Waals surface area contributed by atoms with Crippen LogP contribution in [0.25, 0.3) is 0 Å². The van der Waals surface area contributed by atoms with Gasteiger partial charge in [-0.2, -0.15) is 0 Å². The van der Waals surface area contributed by atoms with Gasteiger partial charge in [-0.25, -0.2) is 4.39 Å². The molecule has 5 heteroatoms. The molecule has 0 spiro atoms. The number of halogens is 1. The molecule has 0 bridgehead atoms. The maximum atomic E-state index is 12.8. The Labute approximate surface area is 112 Å². The van der Waals surface area contributed by atoms with Crippen LogP contribution in [0, 0.1) is 5.82 Å². The van der Waals surface area contributed by atoms with Crippen molar-refractivity contribution in [2.24, 2.45) is 0 Å². The zero-order chi connectivity index (χ0) is 13.7. The Hall–Kier alpha value is -1.46. The minimum atomic E-state index is -0.764. The predicted octanol–water partition coefficient (Wildman–Crippen LogP) is 1.07. The Bertz CT molecular complexity index is 414. The lowest BCUT2D eigenvalue weighted by atomic mass is 10.1. The van der Waals surface area contributed by atoms with E-state index in [1.165, 1.54) is 12.1 Å². The molecule has 0 radical (unpaired) electrons. The van der Waals surface area contributed by atoms with Crippen molar-refractivity contribution >= 4 is 5.97 Å². The van der Waals surface area contributed by atoms with Gasteiger partial charge in [-0.15, -0.1) is 0 Å². The fourth-order valence-electron chi connectivity index (χ4n) is 2.30. The Balaban J connectivity index is 1.71. The molecule has 1 N–H and O–H groups in total. The first-order chi connectivity index (χ1) is 9.13. The van der Waals surface area contributed by atoms with Crippen molar-refractivity contribution in [2.75, 3.05) is 39.3 Å². The third kappa shape index (κ3) is 4.61. The third-order valence-electron chi connectivity index (χ3n) is 3.45. The van der Waals surface area contributed by atoms with E-state index in [-0.39, 0.29) is 12.4 Å². The van der Waals surface area contributed by atoms with Crippen LogP contribution in [0.4, 0.5) is 4.39 Å². The fraction of sp³-hybridized carbons (Fsp3) is 0.500. The van der Waals surface area contributed by atoms with Crippen molar-refractivity contribution in [1.82, 2.24) is 9.80 Å². The van der Waals surface area contributed by atoms with E-state index >= 15 is 0 Å². The summed E-state index contributed by atoms with van der Waals surface area (Å²) >= 11 is 0. The lowest BCUT2D eigenvalue weighted by Gasteiger charge is -2.33.